The zero-order valence-electron chi connectivity index (χ0n) is 10.1. The molecule has 0 aromatic carbocycles. The molecule has 2 aliphatic rings. The summed E-state index contributed by atoms with van der Waals surface area (Å²) in [6.07, 6.45) is 11.7. The van der Waals surface area contributed by atoms with Gasteiger partial charge in [-0.3, -0.25) is 4.99 Å². The molecule has 1 heterocycles. The highest BCUT2D eigenvalue weighted by Gasteiger charge is 2.24. The Kier molecular flexibility index (Phi) is 3.61. The molecule has 0 saturated heterocycles. The van der Waals surface area contributed by atoms with E-state index in [0.29, 0.717) is 5.92 Å². The lowest BCUT2D eigenvalue weighted by Gasteiger charge is -2.31. The van der Waals surface area contributed by atoms with E-state index in [2.05, 4.69) is 31.1 Å². The molecule has 2 atom stereocenters. The highest BCUT2D eigenvalue weighted by atomic mass is 14.7. The molecule has 1 saturated carbocycles. The average molecular weight is 205 g/mol. The molecule has 1 aliphatic heterocycles. The average Bonchev–Trinajstić information content (AvgIpc) is 2.18. The van der Waals surface area contributed by atoms with Gasteiger partial charge in [0.2, 0.25) is 0 Å². The van der Waals surface area contributed by atoms with Crippen LogP contribution in [-0.4, -0.2) is 12.8 Å². The minimum Gasteiger partial charge on any atom is -0.293 e. The summed E-state index contributed by atoms with van der Waals surface area (Å²) in [6, 6.07) is 0. The van der Waals surface area contributed by atoms with Gasteiger partial charge in [0.25, 0.3) is 0 Å². The van der Waals surface area contributed by atoms with Crippen molar-refractivity contribution in [1.29, 1.82) is 0 Å². The lowest BCUT2D eigenvalue weighted by molar-refractivity contribution is 0.269. The van der Waals surface area contributed by atoms with Gasteiger partial charge < -0.3 is 0 Å². The Morgan fingerprint density at radius 2 is 2.00 bits per heavy atom. The Morgan fingerprint density at radius 3 is 2.80 bits per heavy atom. The molecule has 1 nitrogen and oxygen atoms in total. The first-order chi connectivity index (χ1) is 7.27. The third kappa shape index (κ3) is 2.70. The Morgan fingerprint density at radius 1 is 1.20 bits per heavy atom. The van der Waals surface area contributed by atoms with Crippen LogP contribution in [-0.2, 0) is 0 Å². The molecule has 0 radical (unpaired) electrons. The molecule has 1 fully saturated rings. The molecule has 2 rings (SSSR count). The molecule has 1 heteroatoms. The minimum atomic E-state index is 0.634. The normalized spacial score (nSPS) is 37.4. The van der Waals surface area contributed by atoms with E-state index in [0.717, 1.165) is 18.4 Å². The predicted molar refractivity (Wildman–Crippen MR) is 66.3 cm³/mol. The first kappa shape index (κ1) is 10.9. The van der Waals surface area contributed by atoms with Crippen LogP contribution < -0.4 is 0 Å². The lowest BCUT2D eigenvalue weighted by Crippen LogP contribution is -2.21. The van der Waals surface area contributed by atoms with E-state index >= 15 is 0 Å². The summed E-state index contributed by atoms with van der Waals surface area (Å²) in [4.78, 5) is 4.53. The molecule has 0 bridgehead atoms. The lowest BCUT2D eigenvalue weighted by atomic mass is 9.76. The van der Waals surface area contributed by atoms with Crippen molar-refractivity contribution in [3.05, 3.63) is 11.6 Å². The monoisotopic (exact) mass is 205 g/mol. The van der Waals surface area contributed by atoms with Gasteiger partial charge in [-0.1, -0.05) is 32.8 Å². The Bertz CT molecular complexity index is 263. The van der Waals surface area contributed by atoms with Crippen LogP contribution in [0.5, 0.6) is 0 Å². The molecule has 84 valence electrons. The second-order valence-electron chi connectivity index (χ2n) is 5.35. The smallest absolute Gasteiger partial charge is 0.0392 e. The van der Waals surface area contributed by atoms with Gasteiger partial charge in [0, 0.05) is 12.8 Å². The van der Waals surface area contributed by atoms with Crippen LogP contribution in [0.3, 0.4) is 0 Å². The van der Waals surface area contributed by atoms with Gasteiger partial charge >= 0.3 is 0 Å². The van der Waals surface area contributed by atoms with Crippen LogP contribution in [0.4, 0.5) is 0 Å². The van der Waals surface area contributed by atoms with Crippen molar-refractivity contribution in [2.24, 2.45) is 22.7 Å². The van der Waals surface area contributed by atoms with Gasteiger partial charge in [0.1, 0.15) is 0 Å². The fourth-order valence-corrected chi connectivity index (χ4v) is 2.86. The Labute approximate surface area is 93.7 Å². The quantitative estimate of drug-likeness (QED) is 0.616. The molecule has 15 heavy (non-hydrogen) atoms. The fourth-order valence-electron chi connectivity index (χ4n) is 2.86. The SMILES string of the molecule is CC(C)C1=C/C2CCCCC2CC/N=C\1. The van der Waals surface area contributed by atoms with Crippen LogP contribution in [0.2, 0.25) is 0 Å². The molecular weight excluding hydrogens is 182 g/mol. The summed E-state index contributed by atoms with van der Waals surface area (Å²) in [5, 5.41) is 0. The summed E-state index contributed by atoms with van der Waals surface area (Å²) in [6.45, 7) is 5.60. The Balaban J connectivity index is 2.16. The molecule has 0 spiro atoms. The van der Waals surface area contributed by atoms with Gasteiger partial charge in [-0.15, -0.1) is 0 Å². The van der Waals surface area contributed by atoms with Gasteiger partial charge in [-0.05, 0) is 42.6 Å². The highest BCUT2D eigenvalue weighted by molar-refractivity contribution is 5.79. The highest BCUT2D eigenvalue weighted by Crippen LogP contribution is 2.35. The summed E-state index contributed by atoms with van der Waals surface area (Å²) < 4.78 is 0. The topological polar surface area (TPSA) is 12.4 Å². The molecular formula is C14H23N. The standard InChI is InChI=1S/C14H23N/c1-11(2)14-9-13-6-4-3-5-12(13)7-8-15-10-14/h9-13H,3-8H2,1-2H3/b14-9+,15-10-. The van der Waals surface area contributed by atoms with E-state index in [1.165, 1.54) is 37.7 Å². The van der Waals surface area contributed by atoms with Crippen molar-refractivity contribution in [3.63, 3.8) is 0 Å². The zero-order chi connectivity index (χ0) is 10.7. The number of fused-ring (bicyclic) bond motifs is 1. The van der Waals surface area contributed by atoms with E-state index in [1.807, 2.05) is 0 Å². The van der Waals surface area contributed by atoms with Crippen molar-refractivity contribution in [3.8, 4) is 0 Å². The van der Waals surface area contributed by atoms with E-state index in [1.54, 1.807) is 0 Å². The predicted octanol–water partition coefficient (Wildman–Crippen LogP) is 3.85. The number of rotatable bonds is 1. The van der Waals surface area contributed by atoms with E-state index in [-0.39, 0.29) is 0 Å². The van der Waals surface area contributed by atoms with E-state index < -0.39 is 0 Å². The largest absolute Gasteiger partial charge is 0.293 e. The molecule has 0 aromatic rings. The fraction of sp³-hybridized carbons (Fsp3) is 0.786. The van der Waals surface area contributed by atoms with Gasteiger partial charge in [-0.25, -0.2) is 0 Å². The zero-order valence-corrected chi connectivity index (χ0v) is 10.1. The Hall–Kier alpha value is -0.590. The first-order valence-corrected chi connectivity index (χ1v) is 6.49. The second-order valence-corrected chi connectivity index (χ2v) is 5.35. The third-order valence-electron chi connectivity index (χ3n) is 3.91. The van der Waals surface area contributed by atoms with Crippen molar-refractivity contribution in [2.45, 2.75) is 46.0 Å². The van der Waals surface area contributed by atoms with Crippen molar-refractivity contribution >= 4 is 6.21 Å². The van der Waals surface area contributed by atoms with Crippen molar-refractivity contribution in [2.75, 3.05) is 6.54 Å². The van der Waals surface area contributed by atoms with Crippen molar-refractivity contribution in [1.82, 2.24) is 0 Å². The van der Waals surface area contributed by atoms with Gasteiger partial charge in [-0.2, -0.15) is 0 Å². The summed E-state index contributed by atoms with van der Waals surface area (Å²) in [5.41, 5.74) is 1.46. The maximum Gasteiger partial charge on any atom is 0.0392 e. The van der Waals surface area contributed by atoms with Gasteiger partial charge in [0.05, 0.1) is 0 Å². The number of hydrogen-bond acceptors (Lipinski definition) is 1. The van der Waals surface area contributed by atoms with Crippen LogP contribution in [0, 0.1) is 17.8 Å². The third-order valence-corrected chi connectivity index (χ3v) is 3.91. The molecule has 0 amide bonds. The van der Waals surface area contributed by atoms with Gasteiger partial charge in [0.15, 0.2) is 0 Å². The van der Waals surface area contributed by atoms with Crippen molar-refractivity contribution < 1.29 is 0 Å². The van der Waals surface area contributed by atoms with Crippen LogP contribution in [0.15, 0.2) is 16.6 Å². The molecule has 2 unspecified atom stereocenters. The summed E-state index contributed by atoms with van der Waals surface area (Å²) >= 11 is 0. The number of aliphatic imine (C=N–C) groups is 1. The second kappa shape index (κ2) is 4.96. The van der Waals surface area contributed by atoms with E-state index in [9.17, 15) is 0 Å². The first-order valence-electron chi connectivity index (χ1n) is 6.49. The van der Waals surface area contributed by atoms with Crippen LogP contribution >= 0.6 is 0 Å². The van der Waals surface area contributed by atoms with Crippen LogP contribution in [0.25, 0.3) is 0 Å². The minimum absolute atomic E-state index is 0.634. The molecule has 0 N–H and O–H groups in total. The summed E-state index contributed by atoms with van der Waals surface area (Å²) in [5.74, 6) is 2.40. The number of hydrogen-bond donors (Lipinski definition) is 0. The number of allylic oxidation sites excluding steroid dienone is 2. The maximum absolute atomic E-state index is 4.53. The molecule has 0 aromatic heterocycles. The van der Waals surface area contributed by atoms with E-state index in [4.69, 9.17) is 0 Å². The summed E-state index contributed by atoms with van der Waals surface area (Å²) in [7, 11) is 0. The molecule has 1 aliphatic carbocycles. The number of nitrogens with zero attached hydrogens (tertiary/aromatic N) is 1. The maximum atomic E-state index is 4.53. The van der Waals surface area contributed by atoms with Crippen LogP contribution in [0.1, 0.15) is 46.0 Å².